The molecule has 3 rings (SSSR count). The maximum Gasteiger partial charge on any atom is 0.264 e. The molecule has 0 aliphatic carbocycles. The summed E-state index contributed by atoms with van der Waals surface area (Å²) in [4.78, 5) is 17.1. The molecule has 0 spiro atoms. The van der Waals surface area contributed by atoms with Crippen molar-refractivity contribution in [2.45, 2.75) is 0 Å². The van der Waals surface area contributed by atoms with Crippen LogP contribution >= 0.6 is 50.9 Å². The van der Waals surface area contributed by atoms with Crippen LogP contribution in [-0.2, 0) is 4.79 Å². The van der Waals surface area contributed by atoms with Gasteiger partial charge in [-0.2, -0.15) is 5.26 Å². The largest absolute Gasteiger partial charge is 0.478 e. The number of ether oxygens (including phenoxy) is 1. The monoisotopic (exact) mass is 481 g/mol. The number of carbonyl (C=O) groups excluding carboxylic acids is 1. The minimum Gasteiger partial charge on any atom is -0.478 e. The number of hydrogen-bond donors (Lipinski definition) is 1. The Hall–Kier alpha value is -1.98. The minimum absolute atomic E-state index is 0.0862. The predicted molar refractivity (Wildman–Crippen MR) is 113 cm³/mol. The van der Waals surface area contributed by atoms with Crippen LogP contribution < -0.4 is 10.1 Å². The van der Waals surface area contributed by atoms with E-state index in [2.05, 4.69) is 26.2 Å². The number of amides is 1. The minimum atomic E-state index is -0.289. The number of aliphatic imine (C=N–C) groups is 1. The van der Waals surface area contributed by atoms with E-state index in [1.165, 1.54) is 11.8 Å². The second-order valence-electron chi connectivity index (χ2n) is 5.18. The van der Waals surface area contributed by atoms with Crippen LogP contribution in [0.3, 0.4) is 0 Å². The first-order chi connectivity index (χ1) is 13.0. The fraction of sp³-hybridized carbons (Fsp3) is 0.0556. The van der Waals surface area contributed by atoms with E-state index in [0.29, 0.717) is 37.1 Å². The third-order valence-corrected chi connectivity index (χ3v) is 5.57. The van der Waals surface area contributed by atoms with Gasteiger partial charge in [-0.05, 0) is 48.2 Å². The molecule has 1 saturated heterocycles. The number of amidine groups is 1. The molecular formula is C18H10BrCl2N3O2S. The first kappa shape index (κ1) is 19.8. The molecule has 0 saturated carbocycles. The molecule has 0 aromatic heterocycles. The van der Waals surface area contributed by atoms with Crippen molar-refractivity contribution >= 4 is 73.7 Å². The topological polar surface area (TPSA) is 74.5 Å². The zero-order valence-electron chi connectivity index (χ0n) is 13.5. The van der Waals surface area contributed by atoms with Gasteiger partial charge in [-0.1, -0.05) is 45.2 Å². The number of nitrogens with zero attached hydrogens (tertiary/aromatic N) is 2. The van der Waals surface area contributed by atoms with Crippen molar-refractivity contribution in [3.63, 3.8) is 0 Å². The van der Waals surface area contributed by atoms with Crippen LogP contribution in [0.4, 0.5) is 5.69 Å². The van der Waals surface area contributed by atoms with E-state index in [0.717, 1.165) is 4.47 Å². The lowest BCUT2D eigenvalue weighted by Crippen LogP contribution is -2.19. The van der Waals surface area contributed by atoms with E-state index in [1.807, 2.05) is 6.07 Å². The molecule has 0 bridgehead atoms. The van der Waals surface area contributed by atoms with Crippen LogP contribution in [0, 0.1) is 11.3 Å². The van der Waals surface area contributed by atoms with E-state index in [-0.39, 0.29) is 12.5 Å². The molecule has 1 aliphatic heterocycles. The van der Waals surface area contributed by atoms with Crippen molar-refractivity contribution in [3.05, 3.63) is 61.4 Å². The van der Waals surface area contributed by atoms with Gasteiger partial charge in [-0.3, -0.25) is 4.79 Å². The summed E-state index contributed by atoms with van der Waals surface area (Å²) in [6.45, 7) is -0.0862. The normalized spacial score (nSPS) is 16.4. The van der Waals surface area contributed by atoms with Gasteiger partial charge in [-0.25, -0.2) is 4.99 Å². The Balaban J connectivity index is 1.90. The number of thioether (sulfide) groups is 1. The Morgan fingerprint density at radius 2 is 2.15 bits per heavy atom. The summed E-state index contributed by atoms with van der Waals surface area (Å²) in [6, 6.07) is 12.3. The Labute approximate surface area is 178 Å². The van der Waals surface area contributed by atoms with E-state index in [4.69, 9.17) is 33.2 Å². The lowest BCUT2D eigenvalue weighted by molar-refractivity contribution is -0.115. The fourth-order valence-electron chi connectivity index (χ4n) is 2.18. The molecule has 27 heavy (non-hydrogen) atoms. The highest BCUT2D eigenvalue weighted by molar-refractivity contribution is 9.10. The number of nitrogens with one attached hydrogen (secondary N) is 1. The summed E-state index contributed by atoms with van der Waals surface area (Å²) >= 11 is 16.7. The third kappa shape index (κ3) is 4.85. The average Bonchev–Trinajstić information content (AvgIpc) is 2.97. The summed E-state index contributed by atoms with van der Waals surface area (Å²) < 4.78 is 6.23. The van der Waals surface area contributed by atoms with E-state index >= 15 is 0 Å². The Bertz CT molecular complexity index is 1020. The Morgan fingerprint density at radius 3 is 2.93 bits per heavy atom. The highest BCUT2D eigenvalue weighted by Crippen LogP contribution is 2.35. The molecule has 1 aliphatic rings. The molecule has 5 nitrogen and oxygen atoms in total. The second-order valence-corrected chi connectivity index (χ2v) is 7.92. The molecule has 136 valence electrons. The molecule has 2 aromatic carbocycles. The highest BCUT2D eigenvalue weighted by Gasteiger charge is 2.24. The molecule has 2 aromatic rings. The van der Waals surface area contributed by atoms with Gasteiger partial charge in [-0.15, -0.1) is 0 Å². The SMILES string of the molecule is N#CCOc1ccc(Br)cc1/C=C1/SC(=Nc2cccc(Cl)c2Cl)NC1=O. The average molecular weight is 483 g/mol. The molecule has 1 fully saturated rings. The first-order valence-corrected chi connectivity index (χ1v) is 9.87. The number of halogens is 3. The molecule has 0 unspecified atom stereocenters. The zero-order valence-corrected chi connectivity index (χ0v) is 17.4. The number of carbonyl (C=O) groups is 1. The summed E-state index contributed by atoms with van der Waals surface area (Å²) in [7, 11) is 0. The van der Waals surface area contributed by atoms with Crippen molar-refractivity contribution in [2.75, 3.05) is 6.61 Å². The van der Waals surface area contributed by atoms with Gasteiger partial charge in [0.15, 0.2) is 11.8 Å². The number of rotatable bonds is 4. The predicted octanol–water partition coefficient (Wildman–Crippen LogP) is 5.55. The number of hydrogen-bond acceptors (Lipinski definition) is 5. The fourth-order valence-corrected chi connectivity index (χ4v) is 3.73. The number of benzene rings is 2. The van der Waals surface area contributed by atoms with Crippen LogP contribution in [0.15, 0.2) is 50.8 Å². The molecule has 1 amide bonds. The Morgan fingerprint density at radius 1 is 1.33 bits per heavy atom. The lowest BCUT2D eigenvalue weighted by Gasteiger charge is -2.07. The maximum absolute atomic E-state index is 12.3. The Kier molecular flexibility index (Phi) is 6.45. The van der Waals surface area contributed by atoms with E-state index in [9.17, 15) is 4.79 Å². The third-order valence-electron chi connectivity index (χ3n) is 3.35. The molecule has 0 atom stereocenters. The summed E-state index contributed by atoms with van der Waals surface area (Å²) in [5.41, 5.74) is 1.13. The molecule has 9 heteroatoms. The van der Waals surface area contributed by atoms with Gasteiger partial charge in [0.2, 0.25) is 0 Å². The quantitative estimate of drug-likeness (QED) is 0.579. The van der Waals surface area contributed by atoms with Gasteiger partial charge in [0.25, 0.3) is 5.91 Å². The standard InChI is InChI=1S/C18H10BrCl2N3O2S/c19-11-4-5-14(26-7-6-22)10(8-11)9-15-17(25)24-18(27-15)23-13-3-1-2-12(20)16(13)21/h1-5,8-9H,7H2,(H,23,24,25)/b15-9+. The van der Waals surface area contributed by atoms with Gasteiger partial charge in [0, 0.05) is 10.0 Å². The smallest absolute Gasteiger partial charge is 0.264 e. The van der Waals surface area contributed by atoms with Crippen molar-refractivity contribution in [2.24, 2.45) is 4.99 Å². The highest BCUT2D eigenvalue weighted by atomic mass is 79.9. The number of nitriles is 1. The van der Waals surface area contributed by atoms with Crippen molar-refractivity contribution in [1.82, 2.24) is 5.32 Å². The van der Waals surface area contributed by atoms with Gasteiger partial charge in [0.05, 0.1) is 20.6 Å². The van der Waals surface area contributed by atoms with Crippen molar-refractivity contribution < 1.29 is 9.53 Å². The van der Waals surface area contributed by atoms with E-state index in [1.54, 1.807) is 42.5 Å². The summed E-state index contributed by atoms with van der Waals surface area (Å²) in [5.74, 6) is 0.215. The van der Waals surface area contributed by atoms with Crippen LogP contribution in [0.1, 0.15) is 5.56 Å². The summed E-state index contributed by atoms with van der Waals surface area (Å²) in [5, 5.41) is 12.5. The maximum atomic E-state index is 12.3. The van der Waals surface area contributed by atoms with Crippen LogP contribution in [0.5, 0.6) is 5.75 Å². The van der Waals surface area contributed by atoms with Crippen LogP contribution in [0.25, 0.3) is 6.08 Å². The van der Waals surface area contributed by atoms with Crippen molar-refractivity contribution in [3.8, 4) is 11.8 Å². The van der Waals surface area contributed by atoms with Crippen molar-refractivity contribution in [1.29, 1.82) is 5.26 Å². The molecule has 1 N–H and O–H groups in total. The molecule has 0 radical (unpaired) electrons. The molecular weight excluding hydrogens is 473 g/mol. The van der Waals surface area contributed by atoms with Gasteiger partial charge >= 0.3 is 0 Å². The first-order valence-electron chi connectivity index (χ1n) is 7.51. The zero-order chi connectivity index (χ0) is 19.4. The van der Waals surface area contributed by atoms with Gasteiger partial charge in [0.1, 0.15) is 11.8 Å². The van der Waals surface area contributed by atoms with Crippen LogP contribution in [-0.4, -0.2) is 17.7 Å². The van der Waals surface area contributed by atoms with Gasteiger partial charge < -0.3 is 10.1 Å². The van der Waals surface area contributed by atoms with E-state index < -0.39 is 0 Å². The lowest BCUT2D eigenvalue weighted by atomic mass is 10.2. The second kappa shape index (κ2) is 8.81. The summed E-state index contributed by atoms with van der Waals surface area (Å²) in [6.07, 6.45) is 1.68. The van der Waals surface area contributed by atoms with Crippen LogP contribution in [0.2, 0.25) is 10.0 Å². The molecule has 1 heterocycles.